The molecule has 0 atom stereocenters. The fourth-order valence-corrected chi connectivity index (χ4v) is 2.93. The monoisotopic (exact) mass is 305 g/mol. The number of amides is 1. The summed E-state index contributed by atoms with van der Waals surface area (Å²) < 4.78 is 0. The average molecular weight is 305 g/mol. The second-order valence-electron chi connectivity index (χ2n) is 5.70. The normalized spacial score (nSPS) is 15.9. The van der Waals surface area contributed by atoms with Crippen molar-refractivity contribution in [2.45, 2.75) is 38.1 Å². The molecule has 1 saturated carbocycles. The van der Waals surface area contributed by atoms with Crippen LogP contribution in [-0.4, -0.2) is 35.4 Å². The van der Waals surface area contributed by atoms with Crippen LogP contribution in [0.2, 0.25) is 0 Å². The first kappa shape index (κ1) is 15.9. The summed E-state index contributed by atoms with van der Waals surface area (Å²) in [4.78, 5) is 14.6. The van der Waals surface area contributed by atoms with Crippen LogP contribution in [0.15, 0.2) is 24.3 Å². The van der Waals surface area contributed by atoms with E-state index >= 15 is 0 Å². The Balaban J connectivity index is 1.84. The third-order valence-electron chi connectivity index (χ3n) is 4.04. The Hall–Kier alpha value is -1.46. The molecule has 1 aromatic rings. The van der Waals surface area contributed by atoms with Gasteiger partial charge in [-0.05, 0) is 44.2 Å². The van der Waals surface area contributed by atoms with Crippen molar-refractivity contribution >= 4 is 28.8 Å². The minimum Gasteiger partial charge on any atom is -0.389 e. The molecule has 2 rings (SSSR count). The van der Waals surface area contributed by atoms with E-state index in [1.165, 1.54) is 32.1 Å². The molecule has 1 aliphatic carbocycles. The Morgan fingerprint density at radius 2 is 1.90 bits per heavy atom. The van der Waals surface area contributed by atoms with Crippen molar-refractivity contribution in [3.8, 4) is 0 Å². The Kier molecular flexibility index (Phi) is 5.70. The largest absolute Gasteiger partial charge is 0.389 e. The lowest BCUT2D eigenvalue weighted by Crippen LogP contribution is -2.39. The standard InChI is InChI=1S/C16H23N3OS/c1-19(14-5-3-2-4-6-14)11-15(20)18-13-9-7-12(8-10-13)16(17)21/h7-10,14H,2-6,11H2,1H3,(H2,17,21)(H,18,20). The Bertz CT molecular complexity index is 495. The minimum absolute atomic E-state index is 0.0196. The molecule has 114 valence electrons. The maximum atomic E-state index is 12.1. The number of likely N-dealkylation sites (N-methyl/N-ethyl adjacent to an activating group) is 1. The molecule has 0 saturated heterocycles. The van der Waals surface area contributed by atoms with Gasteiger partial charge in [0.05, 0.1) is 6.54 Å². The molecule has 0 bridgehead atoms. The van der Waals surface area contributed by atoms with Crippen LogP contribution in [-0.2, 0) is 4.79 Å². The van der Waals surface area contributed by atoms with Crippen LogP contribution < -0.4 is 11.1 Å². The van der Waals surface area contributed by atoms with Gasteiger partial charge in [0.1, 0.15) is 4.99 Å². The molecule has 4 nitrogen and oxygen atoms in total. The second kappa shape index (κ2) is 7.52. The summed E-state index contributed by atoms with van der Waals surface area (Å²) in [6, 6.07) is 7.84. The van der Waals surface area contributed by atoms with Crippen LogP contribution in [0.1, 0.15) is 37.7 Å². The van der Waals surface area contributed by atoms with E-state index in [1.807, 2.05) is 31.3 Å². The lowest BCUT2D eigenvalue weighted by Gasteiger charge is -2.30. The lowest BCUT2D eigenvalue weighted by atomic mass is 9.94. The second-order valence-corrected chi connectivity index (χ2v) is 6.14. The number of benzene rings is 1. The zero-order valence-corrected chi connectivity index (χ0v) is 13.3. The molecule has 0 heterocycles. The fraction of sp³-hybridized carbons (Fsp3) is 0.500. The van der Waals surface area contributed by atoms with Crippen molar-refractivity contribution in [1.29, 1.82) is 0 Å². The molecular weight excluding hydrogens is 282 g/mol. The number of carbonyl (C=O) groups is 1. The molecule has 3 N–H and O–H groups in total. The van der Waals surface area contributed by atoms with E-state index in [1.54, 1.807) is 0 Å². The molecular formula is C16H23N3OS. The van der Waals surface area contributed by atoms with Crippen molar-refractivity contribution < 1.29 is 4.79 Å². The summed E-state index contributed by atoms with van der Waals surface area (Å²) in [6.45, 7) is 0.432. The number of nitrogens with zero attached hydrogens (tertiary/aromatic N) is 1. The van der Waals surface area contributed by atoms with Crippen LogP contribution in [0.3, 0.4) is 0 Å². The summed E-state index contributed by atoms with van der Waals surface area (Å²) in [7, 11) is 2.03. The van der Waals surface area contributed by atoms with Gasteiger partial charge in [-0.15, -0.1) is 0 Å². The molecule has 1 aromatic carbocycles. The Labute approximate surface area is 131 Å². The molecule has 1 fully saturated rings. The van der Waals surface area contributed by atoms with E-state index in [4.69, 9.17) is 18.0 Å². The number of nitrogens with two attached hydrogens (primary N) is 1. The molecule has 0 aliphatic heterocycles. The molecule has 1 amide bonds. The number of anilines is 1. The highest BCUT2D eigenvalue weighted by molar-refractivity contribution is 7.80. The number of hydrogen-bond acceptors (Lipinski definition) is 3. The van der Waals surface area contributed by atoms with E-state index in [2.05, 4.69) is 10.2 Å². The number of rotatable bonds is 5. The van der Waals surface area contributed by atoms with Crippen molar-refractivity contribution in [2.75, 3.05) is 18.9 Å². The molecule has 0 unspecified atom stereocenters. The molecule has 1 aliphatic rings. The Morgan fingerprint density at radius 1 is 1.29 bits per heavy atom. The van der Waals surface area contributed by atoms with Gasteiger partial charge in [-0.3, -0.25) is 9.69 Å². The topological polar surface area (TPSA) is 58.4 Å². The number of nitrogens with one attached hydrogen (secondary N) is 1. The molecule has 0 radical (unpaired) electrons. The van der Waals surface area contributed by atoms with E-state index in [0.29, 0.717) is 17.6 Å². The number of thiocarbonyl (C=S) groups is 1. The SMILES string of the molecule is CN(CC(=O)Nc1ccc(C(N)=S)cc1)C1CCCCC1. The van der Waals surface area contributed by atoms with Crippen LogP contribution in [0.4, 0.5) is 5.69 Å². The van der Waals surface area contributed by atoms with Gasteiger partial charge < -0.3 is 11.1 Å². The highest BCUT2D eigenvalue weighted by Gasteiger charge is 2.19. The maximum Gasteiger partial charge on any atom is 0.238 e. The van der Waals surface area contributed by atoms with Gasteiger partial charge >= 0.3 is 0 Å². The van der Waals surface area contributed by atoms with Gasteiger partial charge in [0, 0.05) is 17.3 Å². The molecule has 0 aromatic heterocycles. The smallest absolute Gasteiger partial charge is 0.238 e. The van der Waals surface area contributed by atoms with E-state index < -0.39 is 0 Å². The van der Waals surface area contributed by atoms with Crippen molar-refractivity contribution in [3.63, 3.8) is 0 Å². The van der Waals surface area contributed by atoms with Crippen LogP contribution in [0.25, 0.3) is 0 Å². The predicted octanol–water partition coefficient (Wildman–Crippen LogP) is 2.52. The summed E-state index contributed by atoms with van der Waals surface area (Å²) in [5.41, 5.74) is 7.13. The van der Waals surface area contributed by atoms with Crippen molar-refractivity contribution in [3.05, 3.63) is 29.8 Å². The van der Waals surface area contributed by atoms with E-state index in [9.17, 15) is 4.79 Å². The summed E-state index contributed by atoms with van der Waals surface area (Å²) in [5, 5.41) is 2.91. The number of carbonyl (C=O) groups excluding carboxylic acids is 1. The van der Waals surface area contributed by atoms with Crippen molar-refractivity contribution in [1.82, 2.24) is 4.90 Å². The first-order valence-corrected chi connectivity index (χ1v) is 7.87. The third-order valence-corrected chi connectivity index (χ3v) is 4.28. The molecule has 5 heteroatoms. The number of hydrogen-bond donors (Lipinski definition) is 2. The highest BCUT2D eigenvalue weighted by atomic mass is 32.1. The first-order chi connectivity index (χ1) is 10.1. The first-order valence-electron chi connectivity index (χ1n) is 7.46. The predicted molar refractivity (Wildman–Crippen MR) is 90.5 cm³/mol. The van der Waals surface area contributed by atoms with Gasteiger partial charge in [0.2, 0.25) is 5.91 Å². The summed E-state index contributed by atoms with van der Waals surface area (Å²) in [5.74, 6) is 0.0196. The van der Waals surface area contributed by atoms with Crippen LogP contribution in [0.5, 0.6) is 0 Å². The zero-order chi connectivity index (χ0) is 15.2. The summed E-state index contributed by atoms with van der Waals surface area (Å²) in [6.07, 6.45) is 6.28. The summed E-state index contributed by atoms with van der Waals surface area (Å²) >= 11 is 4.91. The maximum absolute atomic E-state index is 12.1. The minimum atomic E-state index is 0.0196. The average Bonchev–Trinajstić information content (AvgIpc) is 2.48. The quantitative estimate of drug-likeness (QED) is 0.821. The highest BCUT2D eigenvalue weighted by Crippen LogP contribution is 2.21. The van der Waals surface area contributed by atoms with Crippen LogP contribution >= 0.6 is 12.2 Å². The van der Waals surface area contributed by atoms with E-state index in [0.717, 1.165) is 11.3 Å². The molecule has 21 heavy (non-hydrogen) atoms. The Morgan fingerprint density at radius 3 is 2.48 bits per heavy atom. The van der Waals surface area contributed by atoms with Gasteiger partial charge in [-0.1, -0.05) is 31.5 Å². The van der Waals surface area contributed by atoms with Crippen molar-refractivity contribution in [2.24, 2.45) is 5.73 Å². The van der Waals surface area contributed by atoms with Gasteiger partial charge in [-0.2, -0.15) is 0 Å². The van der Waals surface area contributed by atoms with Crippen LogP contribution in [0, 0.1) is 0 Å². The lowest BCUT2D eigenvalue weighted by molar-refractivity contribution is -0.117. The molecule has 0 spiro atoms. The van der Waals surface area contributed by atoms with Gasteiger partial charge in [0.25, 0.3) is 0 Å². The third kappa shape index (κ3) is 4.79. The fourth-order valence-electron chi connectivity index (χ4n) is 2.80. The van der Waals surface area contributed by atoms with Gasteiger partial charge in [0.15, 0.2) is 0 Å². The van der Waals surface area contributed by atoms with E-state index in [-0.39, 0.29) is 5.91 Å². The zero-order valence-electron chi connectivity index (χ0n) is 12.5. The van der Waals surface area contributed by atoms with Gasteiger partial charge in [-0.25, -0.2) is 0 Å².